The van der Waals surface area contributed by atoms with Crippen LogP contribution in [-0.2, 0) is 0 Å². The largest absolute Gasteiger partial charge is 0.485 e. The highest BCUT2D eigenvalue weighted by Crippen LogP contribution is 2.48. The molecule has 0 saturated carbocycles. The topological polar surface area (TPSA) is 38.3 Å². The Morgan fingerprint density at radius 1 is 1.16 bits per heavy atom. The zero-order chi connectivity index (χ0) is 12.8. The summed E-state index contributed by atoms with van der Waals surface area (Å²) in [7, 11) is 0. The number of fused-ring (bicyclic) bond motifs is 1. The summed E-state index contributed by atoms with van der Waals surface area (Å²) in [6.07, 6.45) is 1.78. The van der Waals surface area contributed by atoms with Gasteiger partial charge in [0, 0.05) is 12.8 Å². The van der Waals surface area contributed by atoms with Crippen LogP contribution in [0.2, 0.25) is 0 Å². The van der Waals surface area contributed by atoms with Crippen molar-refractivity contribution < 1.29 is 9.53 Å². The van der Waals surface area contributed by atoms with Gasteiger partial charge in [-0.1, -0.05) is 12.1 Å². The minimum Gasteiger partial charge on any atom is -0.485 e. The molecule has 104 valence electrons. The molecular formula is C15H20ClNO2. The molecule has 2 heterocycles. The number of hydrogen-bond donors (Lipinski definition) is 1. The Balaban J connectivity index is 0.00000133. The van der Waals surface area contributed by atoms with Gasteiger partial charge >= 0.3 is 0 Å². The fourth-order valence-electron chi connectivity index (χ4n) is 3.18. The molecule has 0 unspecified atom stereocenters. The molecule has 0 atom stereocenters. The molecule has 1 fully saturated rings. The first kappa shape index (κ1) is 14.4. The molecule has 19 heavy (non-hydrogen) atoms. The van der Waals surface area contributed by atoms with E-state index in [1.807, 2.05) is 38.1 Å². The van der Waals surface area contributed by atoms with Gasteiger partial charge in [-0.05, 0) is 39.1 Å². The minimum atomic E-state index is -0.455. The number of nitrogens with one attached hydrogen (secondary N) is 1. The number of ketones is 1. The molecule has 3 rings (SSSR count). The number of hydrogen-bond acceptors (Lipinski definition) is 3. The molecule has 2 aliphatic heterocycles. The third-order valence-corrected chi connectivity index (χ3v) is 4.55. The van der Waals surface area contributed by atoms with E-state index in [1.54, 1.807) is 0 Å². The van der Waals surface area contributed by atoms with Gasteiger partial charge in [-0.2, -0.15) is 0 Å². The second-order valence-corrected chi connectivity index (χ2v) is 5.80. The summed E-state index contributed by atoms with van der Waals surface area (Å²) in [6, 6.07) is 7.61. The predicted molar refractivity (Wildman–Crippen MR) is 77.3 cm³/mol. The predicted octanol–water partition coefficient (Wildman–Crippen LogP) is 2.83. The molecule has 1 aromatic rings. The summed E-state index contributed by atoms with van der Waals surface area (Å²) >= 11 is 0. The van der Waals surface area contributed by atoms with Crippen LogP contribution >= 0.6 is 12.4 Å². The van der Waals surface area contributed by atoms with E-state index in [-0.39, 0.29) is 23.8 Å². The van der Waals surface area contributed by atoms with Crippen LogP contribution in [-0.4, -0.2) is 24.5 Å². The third kappa shape index (κ3) is 1.96. The van der Waals surface area contributed by atoms with Crippen molar-refractivity contribution in [3.8, 4) is 5.75 Å². The third-order valence-electron chi connectivity index (χ3n) is 4.55. The normalized spacial score (nSPS) is 23.2. The Kier molecular flexibility index (Phi) is 3.63. The first-order valence-electron chi connectivity index (χ1n) is 6.60. The Morgan fingerprint density at radius 2 is 1.79 bits per heavy atom. The maximum atomic E-state index is 12.7. The molecule has 0 aromatic heterocycles. The number of halogens is 1. The molecule has 0 aliphatic carbocycles. The van der Waals surface area contributed by atoms with E-state index < -0.39 is 5.41 Å². The van der Waals surface area contributed by atoms with Crippen molar-refractivity contribution in [2.24, 2.45) is 5.41 Å². The second-order valence-electron chi connectivity index (χ2n) is 5.80. The van der Waals surface area contributed by atoms with Crippen molar-refractivity contribution in [3.05, 3.63) is 29.8 Å². The number of rotatable bonds is 0. The van der Waals surface area contributed by atoms with E-state index in [0.717, 1.165) is 37.2 Å². The van der Waals surface area contributed by atoms with Crippen molar-refractivity contribution >= 4 is 18.2 Å². The number of Topliss-reactive ketones (excluding diaryl/α,β-unsaturated/α-hetero) is 1. The van der Waals surface area contributed by atoms with Crippen molar-refractivity contribution in [2.75, 3.05) is 13.1 Å². The number of benzene rings is 1. The van der Waals surface area contributed by atoms with Crippen LogP contribution in [0, 0.1) is 5.41 Å². The molecule has 1 aromatic carbocycles. The van der Waals surface area contributed by atoms with E-state index in [9.17, 15) is 4.79 Å². The SMILES string of the molecule is CC1(C)C(=O)c2ccccc2OC12CCNCC2.Cl. The second kappa shape index (κ2) is 4.80. The number of carbonyl (C=O) groups excluding carboxylic acids is 1. The Bertz CT molecular complexity index is 493. The van der Waals surface area contributed by atoms with Crippen molar-refractivity contribution in [1.29, 1.82) is 0 Å². The van der Waals surface area contributed by atoms with Crippen LogP contribution in [0.25, 0.3) is 0 Å². The van der Waals surface area contributed by atoms with Crippen LogP contribution in [0.15, 0.2) is 24.3 Å². The fourth-order valence-corrected chi connectivity index (χ4v) is 3.18. The van der Waals surface area contributed by atoms with Crippen molar-refractivity contribution in [3.63, 3.8) is 0 Å². The summed E-state index contributed by atoms with van der Waals surface area (Å²) in [4.78, 5) is 12.7. The zero-order valence-corrected chi connectivity index (χ0v) is 12.2. The van der Waals surface area contributed by atoms with E-state index in [1.165, 1.54) is 0 Å². The van der Waals surface area contributed by atoms with Crippen LogP contribution in [0.1, 0.15) is 37.0 Å². The summed E-state index contributed by atoms with van der Waals surface area (Å²) in [5.74, 6) is 0.968. The highest BCUT2D eigenvalue weighted by molar-refractivity contribution is 6.04. The average molecular weight is 282 g/mol. The monoisotopic (exact) mass is 281 g/mol. The van der Waals surface area contributed by atoms with Gasteiger partial charge in [0.15, 0.2) is 5.78 Å². The highest BCUT2D eigenvalue weighted by atomic mass is 35.5. The van der Waals surface area contributed by atoms with Gasteiger partial charge in [-0.15, -0.1) is 12.4 Å². The van der Waals surface area contributed by atoms with Crippen LogP contribution in [0.5, 0.6) is 5.75 Å². The Labute approximate surface area is 120 Å². The molecule has 1 spiro atoms. The lowest BCUT2D eigenvalue weighted by Crippen LogP contribution is -2.60. The van der Waals surface area contributed by atoms with Gasteiger partial charge in [-0.25, -0.2) is 0 Å². The van der Waals surface area contributed by atoms with Crippen LogP contribution in [0.4, 0.5) is 0 Å². The summed E-state index contributed by atoms with van der Waals surface area (Å²) in [6.45, 7) is 5.88. The number of piperidine rings is 1. The maximum Gasteiger partial charge on any atom is 0.176 e. The Hall–Kier alpha value is -1.06. The highest BCUT2D eigenvalue weighted by Gasteiger charge is 2.55. The lowest BCUT2D eigenvalue weighted by molar-refractivity contribution is -0.0582. The molecule has 1 N–H and O–H groups in total. The average Bonchev–Trinajstić information content (AvgIpc) is 2.38. The van der Waals surface area contributed by atoms with Gasteiger partial charge in [0.05, 0.1) is 11.0 Å². The van der Waals surface area contributed by atoms with Gasteiger partial charge in [0.2, 0.25) is 0 Å². The first-order chi connectivity index (χ1) is 8.57. The lowest BCUT2D eigenvalue weighted by Gasteiger charge is -2.51. The van der Waals surface area contributed by atoms with Crippen molar-refractivity contribution in [1.82, 2.24) is 5.32 Å². The molecule has 4 heteroatoms. The molecular weight excluding hydrogens is 262 g/mol. The van der Waals surface area contributed by atoms with E-state index >= 15 is 0 Å². The summed E-state index contributed by atoms with van der Waals surface area (Å²) in [5, 5.41) is 3.34. The summed E-state index contributed by atoms with van der Waals surface area (Å²) < 4.78 is 6.29. The molecule has 0 radical (unpaired) electrons. The fraction of sp³-hybridized carbons (Fsp3) is 0.533. The van der Waals surface area contributed by atoms with Gasteiger partial charge in [0.25, 0.3) is 0 Å². The van der Waals surface area contributed by atoms with Gasteiger partial charge < -0.3 is 10.1 Å². The summed E-state index contributed by atoms with van der Waals surface area (Å²) in [5.41, 5.74) is -0.0701. The number of carbonyl (C=O) groups is 1. The smallest absolute Gasteiger partial charge is 0.176 e. The van der Waals surface area contributed by atoms with Gasteiger partial charge in [-0.3, -0.25) is 4.79 Å². The number of ether oxygens (including phenoxy) is 1. The maximum absolute atomic E-state index is 12.7. The van der Waals surface area contributed by atoms with Crippen LogP contribution in [0.3, 0.4) is 0 Å². The van der Waals surface area contributed by atoms with E-state index in [2.05, 4.69) is 5.32 Å². The molecule has 0 amide bonds. The molecule has 2 aliphatic rings. The minimum absolute atomic E-state index is 0. The molecule has 3 nitrogen and oxygen atoms in total. The van der Waals surface area contributed by atoms with Crippen LogP contribution < -0.4 is 10.1 Å². The Morgan fingerprint density at radius 3 is 2.47 bits per heavy atom. The molecule has 1 saturated heterocycles. The number of para-hydroxylation sites is 1. The molecule has 0 bridgehead atoms. The van der Waals surface area contributed by atoms with Crippen molar-refractivity contribution in [2.45, 2.75) is 32.3 Å². The zero-order valence-electron chi connectivity index (χ0n) is 11.4. The standard InChI is InChI=1S/C15H19NO2.ClH/c1-14(2)13(17)11-5-3-4-6-12(11)18-15(14)7-9-16-10-8-15;/h3-6,16H,7-10H2,1-2H3;1H. The first-order valence-corrected chi connectivity index (χ1v) is 6.60. The quantitative estimate of drug-likeness (QED) is 0.795. The van der Waals surface area contributed by atoms with Gasteiger partial charge in [0.1, 0.15) is 11.4 Å². The van der Waals surface area contributed by atoms with E-state index in [0.29, 0.717) is 0 Å². The lowest BCUT2D eigenvalue weighted by atomic mass is 9.64. The van der Waals surface area contributed by atoms with E-state index in [4.69, 9.17) is 4.74 Å².